The molecule has 3 N–H and O–H groups in total. The second-order valence-corrected chi connectivity index (χ2v) is 6.71. The Kier molecular flexibility index (Phi) is 6.27. The highest BCUT2D eigenvalue weighted by molar-refractivity contribution is 7.20. The van der Waals surface area contributed by atoms with Crippen LogP contribution in [0.3, 0.4) is 0 Å². The van der Waals surface area contributed by atoms with Gasteiger partial charge in [0.25, 0.3) is 5.19 Å². The molecule has 6 nitrogen and oxygen atoms in total. The van der Waals surface area contributed by atoms with Crippen LogP contribution in [0.5, 0.6) is 10.9 Å². The molecule has 2 aromatic carbocycles. The Hall–Kier alpha value is -2.80. The number of fused-ring (bicyclic) bond motifs is 1. The van der Waals surface area contributed by atoms with Crippen LogP contribution in [0.4, 0.5) is 0 Å². The van der Waals surface area contributed by atoms with E-state index < -0.39 is 0 Å². The Bertz CT molecular complexity index is 829. The summed E-state index contributed by atoms with van der Waals surface area (Å²) in [5.74, 6) is 0.856. The summed E-state index contributed by atoms with van der Waals surface area (Å²) < 4.78 is 12.6. The van der Waals surface area contributed by atoms with Gasteiger partial charge in [0.1, 0.15) is 5.75 Å². The molecule has 1 heterocycles. The Labute approximate surface area is 155 Å². The first-order valence-corrected chi connectivity index (χ1v) is 9.27. The van der Waals surface area contributed by atoms with Crippen molar-refractivity contribution >= 4 is 27.4 Å². The number of nitrogens with two attached hydrogens (primary N) is 1. The maximum absolute atomic E-state index is 8.63. The van der Waals surface area contributed by atoms with E-state index >= 15 is 0 Å². The first-order valence-electron chi connectivity index (χ1n) is 8.45. The van der Waals surface area contributed by atoms with E-state index in [0.717, 1.165) is 40.4 Å². The number of benzene rings is 2. The molecule has 0 aliphatic carbocycles. The van der Waals surface area contributed by atoms with E-state index in [1.807, 2.05) is 30.3 Å². The van der Waals surface area contributed by atoms with Crippen LogP contribution in [0.15, 0.2) is 53.7 Å². The van der Waals surface area contributed by atoms with Crippen molar-refractivity contribution in [3.63, 3.8) is 0 Å². The fraction of sp³-hybridized carbons (Fsp3) is 0.263. The first kappa shape index (κ1) is 18.0. The molecular formula is C19H21N3O3S. The van der Waals surface area contributed by atoms with Crippen molar-refractivity contribution in [3.05, 3.63) is 54.1 Å². The van der Waals surface area contributed by atoms with Gasteiger partial charge in [-0.1, -0.05) is 28.6 Å². The number of hydrogen-bond donors (Lipinski definition) is 2. The van der Waals surface area contributed by atoms with Gasteiger partial charge in [0, 0.05) is 5.56 Å². The number of oxime groups is 1. The van der Waals surface area contributed by atoms with Gasteiger partial charge in [0.05, 0.1) is 23.4 Å². The van der Waals surface area contributed by atoms with Crippen molar-refractivity contribution in [1.82, 2.24) is 4.98 Å². The number of hydrogen-bond acceptors (Lipinski definition) is 6. The zero-order valence-electron chi connectivity index (χ0n) is 14.3. The minimum Gasteiger partial charge on any atom is -0.494 e. The van der Waals surface area contributed by atoms with Crippen LogP contribution in [0.2, 0.25) is 0 Å². The molecule has 7 heteroatoms. The van der Waals surface area contributed by atoms with E-state index in [-0.39, 0.29) is 5.84 Å². The van der Waals surface area contributed by atoms with Crippen LogP contribution in [-0.2, 0) is 0 Å². The summed E-state index contributed by atoms with van der Waals surface area (Å²) >= 11 is 1.58. The Morgan fingerprint density at radius 3 is 2.46 bits per heavy atom. The number of nitrogens with zero attached hydrogens (tertiary/aromatic N) is 2. The summed E-state index contributed by atoms with van der Waals surface area (Å²) in [4.78, 5) is 4.45. The largest absolute Gasteiger partial charge is 0.494 e. The van der Waals surface area contributed by atoms with Crippen molar-refractivity contribution < 1.29 is 14.7 Å². The van der Waals surface area contributed by atoms with Crippen molar-refractivity contribution in [2.75, 3.05) is 13.2 Å². The summed E-state index contributed by atoms with van der Waals surface area (Å²) in [6.45, 7) is 1.30. The predicted molar refractivity (Wildman–Crippen MR) is 103 cm³/mol. The molecule has 0 saturated carbocycles. The zero-order valence-corrected chi connectivity index (χ0v) is 15.1. The number of aromatic nitrogens is 1. The number of amidine groups is 1. The third kappa shape index (κ3) is 4.86. The molecular weight excluding hydrogens is 350 g/mol. The third-order valence-electron chi connectivity index (χ3n) is 3.82. The topological polar surface area (TPSA) is 90.0 Å². The minimum absolute atomic E-state index is 0.0877. The van der Waals surface area contributed by atoms with Crippen LogP contribution in [0, 0.1) is 0 Å². The average Bonchev–Trinajstić information content (AvgIpc) is 3.10. The highest BCUT2D eigenvalue weighted by atomic mass is 32.1. The predicted octanol–water partition coefficient (Wildman–Crippen LogP) is 4.02. The summed E-state index contributed by atoms with van der Waals surface area (Å²) in [6, 6.07) is 15.2. The lowest BCUT2D eigenvalue weighted by Gasteiger charge is -2.07. The van der Waals surface area contributed by atoms with Crippen LogP contribution in [0.1, 0.15) is 24.8 Å². The average molecular weight is 371 g/mol. The Morgan fingerprint density at radius 2 is 1.73 bits per heavy atom. The first-order chi connectivity index (χ1) is 12.8. The summed E-state index contributed by atoms with van der Waals surface area (Å²) in [5.41, 5.74) is 7.16. The van der Waals surface area contributed by atoms with Crippen LogP contribution >= 0.6 is 11.3 Å². The van der Waals surface area contributed by atoms with Gasteiger partial charge in [-0.25, -0.2) is 4.98 Å². The number of rotatable bonds is 9. The zero-order chi connectivity index (χ0) is 18.2. The quantitative estimate of drug-likeness (QED) is 0.195. The SMILES string of the molecule is NC(=NO)c1ccc(OCCCCCOc2nc3ccccc3s2)cc1. The second kappa shape index (κ2) is 9.05. The van der Waals surface area contributed by atoms with Gasteiger partial charge in [-0.15, -0.1) is 0 Å². The third-order valence-corrected chi connectivity index (χ3v) is 4.76. The summed E-state index contributed by atoms with van der Waals surface area (Å²) in [6.07, 6.45) is 2.93. The highest BCUT2D eigenvalue weighted by Crippen LogP contribution is 2.27. The highest BCUT2D eigenvalue weighted by Gasteiger charge is 2.03. The molecule has 0 saturated heterocycles. The van der Waals surface area contributed by atoms with E-state index in [0.29, 0.717) is 18.8 Å². The molecule has 0 unspecified atom stereocenters. The summed E-state index contributed by atoms with van der Waals surface area (Å²) in [7, 11) is 0. The maximum Gasteiger partial charge on any atom is 0.274 e. The molecule has 136 valence electrons. The van der Waals surface area contributed by atoms with E-state index in [9.17, 15) is 0 Å². The molecule has 3 rings (SSSR count). The van der Waals surface area contributed by atoms with Crippen molar-refractivity contribution in [2.24, 2.45) is 10.9 Å². The molecule has 0 spiro atoms. The van der Waals surface area contributed by atoms with Gasteiger partial charge in [-0.2, -0.15) is 0 Å². The fourth-order valence-corrected chi connectivity index (χ4v) is 3.26. The van der Waals surface area contributed by atoms with E-state index in [2.05, 4.69) is 16.2 Å². The van der Waals surface area contributed by atoms with E-state index in [1.54, 1.807) is 23.5 Å². The van der Waals surface area contributed by atoms with Crippen LogP contribution in [-0.4, -0.2) is 29.2 Å². The molecule has 0 aliphatic heterocycles. The number of para-hydroxylation sites is 1. The maximum atomic E-state index is 8.63. The van der Waals surface area contributed by atoms with Gasteiger partial charge >= 0.3 is 0 Å². The van der Waals surface area contributed by atoms with Gasteiger partial charge < -0.3 is 20.4 Å². The second-order valence-electron chi connectivity index (χ2n) is 5.71. The molecule has 1 aromatic heterocycles. The Morgan fingerprint density at radius 1 is 1.00 bits per heavy atom. The standard InChI is InChI=1S/C19H21N3O3S/c20-18(22-23)14-8-10-15(11-9-14)24-12-4-1-5-13-25-19-21-16-6-2-3-7-17(16)26-19/h2-3,6-11,23H,1,4-5,12-13H2,(H2,20,22). The number of ether oxygens (including phenoxy) is 2. The van der Waals surface area contributed by atoms with Gasteiger partial charge in [-0.3, -0.25) is 0 Å². The summed E-state index contributed by atoms with van der Waals surface area (Å²) in [5, 5.41) is 12.3. The number of unbranched alkanes of at least 4 members (excludes halogenated alkanes) is 2. The minimum atomic E-state index is 0.0877. The van der Waals surface area contributed by atoms with Crippen molar-refractivity contribution in [2.45, 2.75) is 19.3 Å². The molecule has 0 atom stereocenters. The molecule has 0 aliphatic rings. The molecule has 0 amide bonds. The van der Waals surface area contributed by atoms with E-state index in [1.165, 1.54) is 0 Å². The molecule has 0 bridgehead atoms. The van der Waals surface area contributed by atoms with Gasteiger partial charge in [0.15, 0.2) is 5.84 Å². The number of thiazole rings is 1. The monoisotopic (exact) mass is 371 g/mol. The molecule has 3 aromatic rings. The van der Waals surface area contributed by atoms with Gasteiger partial charge in [0.2, 0.25) is 0 Å². The Balaban J connectivity index is 1.31. The van der Waals surface area contributed by atoms with E-state index in [4.69, 9.17) is 20.4 Å². The smallest absolute Gasteiger partial charge is 0.274 e. The lowest BCUT2D eigenvalue weighted by molar-refractivity contribution is 0.279. The van der Waals surface area contributed by atoms with Gasteiger partial charge in [-0.05, 0) is 55.7 Å². The van der Waals surface area contributed by atoms with Crippen molar-refractivity contribution in [1.29, 1.82) is 0 Å². The lowest BCUT2D eigenvalue weighted by atomic mass is 10.2. The molecule has 26 heavy (non-hydrogen) atoms. The van der Waals surface area contributed by atoms with Crippen LogP contribution in [0.25, 0.3) is 10.2 Å². The van der Waals surface area contributed by atoms with Crippen molar-refractivity contribution in [3.8, 4) is 10.9 Å². The van der Waals surface area contributed by atoms with Crippen LogP contribution < -0.4 is 15.2 Å². The fourth-order valence-electron chi connectivity index (χ4n) is 2.42. The molecule has 0 fully saturated rings. The normalized spacial score (nSPS) is 11.6. The lowest BCUT2D eigenvalue weighted by Crippen LogP contribution is -2.12. The molecule has 0 radical (unpaired) electrons.